The number of rotatable bonds is 2. The van der Waals surface area contributed by atoms with E-state index in [4.69, 9.17) is 0 Å². The molecule has 2 rings (SSSR count). The third-order valence-corrected chi connectivity index (χ3v) is 2.04. The molecule has 0 aliphatic carbocycles. The molecule has 0 aliphatic rings. The number of aryl methyl sites for hydroxylation is 1. The van der Waals surface area contributed by atoms with Gasteiger partial charge in [0.1, 0.15) is 5.82 Å². The van der Waals surface area contributed by atoms with Gasteiger partial charge in [0.05, 0.1) is 0 Å². The number of aromatic nitrogens is 3. The van der Waals surface area contributed by atoms with Crippen molar-refractivity contribution in [1.29, 1.82) is 0 Å². The van der Waals surface area contributed by atoms with E-state index in [1.54, 1.807) is 0 Å². The molecule has 0 spiro atoms. The van der Waals surface area contributed by atoms with E-state index < -0.39 is 0 Å². The maximum Gasteiger partial charge on any atom is 0.340 e. The van der Waals surface area contributed by atoms with Crippen LogP contribution in [0.15, 0.2) is 29.1 Å². The Morgan fingerprint density at radius 1 is 1.29 bits per heavy atom. The average Bonchev–Trinajstić information content (AvgIpc) is 2.56. The Balaban J connectivity index is 2.19. The average molecular weight is 189 g/mol. The van der Waals surface area contributed by atoms with Gasteiger partial charge in [0.25, 0.3) is 0 Å². The molecule has 0 unspecified atom stereocenters. The van der Waals surface area contributed by atoms with Crippen LogP contribution in [0, 0.1) is 6.92 Å². The minimum absolute atomic E-state index is 0.257. The number of hydrogen-bond acceptors (Lipinski definition) is 2. The molecule has 0 saturated carbocycles. The third kappa shape index (κ3) is 1.90. The van der Waals surface area contributed by atoms with E-state index in [2.05, 4.69) is 15.2 Å². The maximum absolute atomic E-state index is 10.8. The number of H-pyrrole nitrogens is 2. The van der Waals surface area contributed by atoms with Gasteiger partial charge in [-0.15, -0.1) is 0 Å². The molecular weight excluding hydrogens is 178 g/mol. The van der Waals surface area contributed by atoms with Crippen molar-refractivity contribution in [3.63, 3.8) is 0 Å². The van der Waals surface area contributed by atoms with Crippen LogP contribution in [0.3, 0.4) is 0 Å². The fourth-order valence-corrected chi connectivity index (χ4v) is 1.29. The molecule has 0 fully saturated rings. The lowest BCUT2D eigenvalue weighted by Gasteiger charge is -1.97. The van der Waals surface area contributed by atoms with E-state index in [0.29, 0.717) is 12.2 Å². The van der Waals surface area contributed by atoms with E-state index in [1.807, 2.05) is 31.2 Å². The second-order valence-electron chi connectivity index (χ2n) is 3.29. The molecule has 1 heterocycles. The van der Waals surface area contributed by atoms with Gasteiger partial charge in [-0.3, -0.25) is 4.98 Å². The standard InChI is InChI=1S/C10H11N3O/c1-7-2-4-8(5-3-7)6-9-11-10(14)13-12-9/h2-5H,6H2,1H3,(H2,11,12,13,14). The van der Waals surface area contributed by atoms with Gasteiger partial charge < -0.3 is 0 Å². The molecule has 0 saturated heterocycles. The summed E-state index contributed by atoms with van der Waals surface area (Å²) in [5.41, 5.74) is 2.11. The Bertz CT molecular complexity index is 467. The van der Waals surface area contributed by atoms with Crippen LogP contribution in [0.2, 0.25) is 0 Å². The van der Waals surface area contributed by atoms with Gasteiger partial charge in [0.15, 0.2) is 0 Å². The van der Waals surface area contributed by atoms with E-state index in [1.165, 1.54) is 5.56 Å². The van der Waals surface area contributed by atoms with Crippen molar-refractivity contribution in [1.82, 2.24) is 15.2 Å². The fraction of sp³-hybridized carbons (Fsp3) is 0.200. The first-order valence-electron chi connectivity index (χ1n) is 4.43. The second-order valence-corrected chi connectivity index (χ2v) is 3.29. The molecule has 0 aliphatic heterocycles. The first-order valence-corrected chi connectivity index (χ1v) is 4.43. The lowest BCUT2D eigenvalue weighted by atomic mass is 10.1. The first-order chi connectivity index (χ1) is 6.74. The number of nitrogens with one attached hydrogen (secondary N) is 2. The SMILES string of the molecule is Cc1ccc(Cc2n[nH]c(=O)[nH]2)cc1. The van der Waals surface area contributed by atoms with Gasteiger partial charge in [-0.1, -0.05) is 29.8 Å². The topological polar surface area (TPSA) is 61.5 Å². The third-order valence-electron chi connectivity index (χ3n) is 2.04. The molecule has 1 aromatic carbocycles. The van der Waals surface area contributed by atoms with Crippen LogP contribution in [0.25, 0.3) is 0 Å². The van der Waals surface area contributed by atoms with Crippen LogP contribution in [0.4, 0.5) is 0 Å². The summed E-state index contributed by atoms with van der Waals surface area (Å²) in [6.45, 7) is 2.04. The quantitative estimate of drug-likeness (QED) is 0.740. The number of aromatic amines is 2. The molecule has 14 heavy (non-hydrogen) atoms. The summed E-state index contributed by atoms with van der Waals surface area (Å²) in [4.78, 5) is 13.4. The van der Waals surface area contributed by atoms with Gasteiger partial charge in [0, 0.05) is 6.42 Å². The number of benzene rings is 1. The van der Waals surface area contributed by atoms with Crippen LogP contribution >= 0.6 is 0 Å². The zero-order valence-corrected chi connectivity index (χ0v) is 7.87. The zero-order chi connectivity index (χ0) is 9.97. The summed E-state index contributed by atoms with van der Waals surface area (Å²) in [5.74, 6) is 0.666. The van der Waals surface area contributed by atoms with Gasteiger partial charge in [-0.2, -0.15) is 5.10 Å². The summed E-state index contributed by atoms with van der Waals surface area (Å²) in [6, 6.07) is 8.14. The summed E-state index contributed by atoms with van der Waals surface area (Å²) >= 11 is 0. The van der Waals surface area contributed by atoms with Crippen LogP contribution < -0.4 is 5.69 Å². The highest BCUT2D eigenvalue weighted by Gasteiger charge is 1.99. The number of hydrogen-bond donors (Lipinski definition) is 2. The van der Waals surface area contributed by atoms with E-state index in [9.17, 15) is 4.79 Å². The van der Waals surface area contributed by atoms with Crippen LogP contribution in [0.5, 0.6) is 0 Å². The Morgan fingerprint density at radius 2 is 2.00 bits per heavy atom. The lowest BCUT2D eigenvalue weighted by Crippen LogP contribution is -2.01. The van der Waals surface area contributed by atoms with Gasteiger partial charge >= 0.3 is 5.69 Å². The largest absolute Gasteiger partial charge is 0.340 e. The minimum atomic E-state index is -0.257. The van der Waals surface area contributed by atoms with Crippen molar-refractivity contribution in [3.05, 3.63) is 51.7 Å². The molecule has 0 atom stereocenters. The molecule has 4 heteroatoms. The van der Waals surface area contributed by atoms with Crippen LogP contribution in [-0.4, -0.2) is 15.2 Å². The maximum atomic E-state index is 10.8. The smallest absolute Gasteiger partial charge is 0.293 e. The van der Waals surface area contributed by atoms with E-state index >= 15 is 0 Å². The molecule has 72 valence electrons. The van der Waals surface area contributed by atoms with Gasteiger partial charge in [0.2, 0.25) is 0 Å². The highest BCUT2D eigenvalue weighted by molar-refractivity contribution is 5.23. The molecular formula is C10H11N3O. The lowest BCUT2D eigenvalue weighted by molar-refractivity contribution is 0.970. The molecule has 2 aromatic rings. The molecule has 0 amide bonds. The summed E-state index contributed by atoms with van der Waals surface area (Å²) in [7, 11) is 0. The monoisotopic (exact) mass is 189 g/mol. The van der Waals surface area contributed by atoms with Gasteiger partial charge in [-0.25, -0.2) is 9.89 Å². The van der Waals surface area contributed by atoms with Crippen LogP contribution in [-0.2, 0) is 6.42 Å². The molecule has 4 nitrogen and oxygen atoms in total. The molecule has 0 bridgehead atoms. The fourth-order valence-electron chi connectivity index (χ4n) is 1.29. The second kappa shape index (κ2) is 3.49. The van der Waals surface area contributed by atoms with Gasteiger partial charge in [-0.05, 0) is 12.5 Å². The predicted octanol–water partition coefficient (Wildman–Crippen LogP) is 0.997. The van der Waals surface area contributed by atoms with Crippen LogP contribution in [0.1, 0.15) is 17.0 Å². The Morgan fingerprint density at radius 3 is 2.57 bits per heavy atom. The summed E-state index contributed by atoms with van der Waals surface area (Å²) in [6.07, 6.45) is 0.652. The highest BCUT2D eigenvalue weighted by Crippen LogP contribution is 2.05. The molecule has 1 aromatic heterocycles. The summed E-state index contributed by atoms with van der Waals surface area (Å²) in [5, 5.41) is 6.18. The van der Waals surface area contributed by atoms with Crippen molar-refractivity contribution in [2.75, 3.05) is 0 Å². The highest BCUT2D eigenvalue weighted by atomic mass is 16.1. The molecule has 0 radical (unpaired) electrons. The Hall–Kier alpha value is -1.84. The van der Waals surface area contributed by atoms with Crippen molar-refractivity contribution < 1.29 is 0 Å². The first kappa shape index (κ1) is 8.74. The van der Waals surface area contributed by atoms with Crippen molar-refractivity contribution in [3.8, 4) is 0 Å². The van der Waals surface area contributed by atoms with Crippen molar-refractivity contribution >= 4 is 0 Å². The predicted molar refractivity (Wildman–Crippen MR) is 53.2 cm³/mol. The van der Waals surface area contributed by atoms with E-state index in [0.717, 1.165) is 5.56 Å². The Kier molecular flexibility index (Phi) is 2.18. The number of nitrogens with zero attached hydrogens (tertiary/aromatic N) is 1. The molecule has 2 N–H and O–H groups in total. The summed E-state index contributed by atoms with van der Waals surface area (Å²) < 4.78 is 0. The van der Waals surface area contributed by atoms with Crippen molar-refractivity contribution in [2.24, 2.45) is 0 Å². The zero-order valence-electron chi connectivity index (χ0n) is 7.87. The Labute approximate surface area is 81.0 Å². The van der Waals surface area contributed by atoms with Crippen molar-refractivity contribution in [2.45, 2.75) is 13.3 Å². The van der Waals surface area contributed by atoms with E-state index in [-0.39, 0.29) is 5.69 Å². The normalized spacial score (nSPS) is 10.4. The minimum Gasteiger partial charge on any atom is -0.293 e.